The molecule has 30 heavy (non-hydrogen) atoms. The molecule has 1 atom stereocenters. The van der Waals surface area contributed by atoms with E-state index in [0.29, 0.717) is 17.3 Å². The molecule has 1 N–H and O–H groups in total. The van der Waals surface area contributed by atoms with Crippen molar-refractivity contribution in [3.63, 3.8) is 0 Å². The van der Waals surface area contributed by atoms with Gasteiger partial charge in [-0.3, -0.25) is 14.9 Å². The van der Waals surface area contributed by atoms with E-state index in [2.05, 4.69) is 31.1 Å². The second-order valence-corrected chi connectivity index (χ2v) is 8.47. The SMILES string of the molecule is O=C1c2[nH]nc(-c3ccc(Cl)cc3)c2C(c2ccc(Br)cc2)N1Cc1cccnc1. The molecule has 0 fully saturated rings. The van der Waals surface area contributed by atoms with Gasteiger partial charge in [0, 0.05) is 39.6 Å². The molecule has 0 aliphatic carbocycles. The van der Waals surface area contributed by atoms with Crippen LogP contribution in [0.5, 0.6) is 0 Å². The first-order chi connectivity index (χ1) is 14.6. The summed E-state index contributed by atoms with van der Waals surface area (Å²) >= 11 is 9.56. The molecule has 2 aromatic heterocycles. The van der Waals surface area contributed by atoms with E-state index < -0.39 is 0 Å². The van der Waals surface area contributed by atoms with Gasteiger partial charge < -0.3 is 4.90 Å². The van der Waals surface area contributed by atoms with Gasteiger partial charge in [-0.1, -0.05) is 57.9 Å². The number of aromatic nitrogens is 3. The number of pyridine rings is 1. The van der Waals surface area contributed by atoms with E-state index in [1.165, 1.54) is 0 Å². The molecule has 4 aromatic rings. The fourth-order valence-corrected chi connectivity index (χ4v) is 4.26. The van der Waals surface area contributed by atoms with Gasteiger partial charge in [-0.15, -0.1) is 0 Å². The highest BCUT2D eigenvalue weighted by atomic mass is 79.9. The van der Waals surface area contributed by atoms with Crippen LogP contribution in [0.2, 0.25) is 5.02 Å². The Bertz CT molecular complexity index is 1210. The van der Waals surface area contributed by atoms with E-state index in [1.807, 2.05) is 65.6 Å². The highest BCUT2D eigenvalue weighted by Crippen LogP contribution is 2.43. The number of amides is 1. The third-order valence-electron chi connectivity index (χ3n) is 5.24. The molecule has 5 nitrogen and oxygen atoms in total. The van der Waals surface area contributed by atoms with E-state index >= 15 is 0 Å². The van der Waals surface area contributed by atoms with Gasteiger partial charge in [0.25, 0.3) is 5.91 Å². The van der Waals surface area contributed by atoms with Crippen LogP contribution < -0.4 is 0 Å². The molecule has 7 heteroatoms. The molecular formula is C23H16BrClN4O. The molecular weight excluding hydrogens is 464 g/mol. The zero-order valence-corrected chi connectivity index (χ0v) is 18.1. The van der Waals surface area contributed by atoms with Crippen molar-refractivity contribution in [2.75, 3.05) is 0 Å². The van der Waals surface area contributed by atoms with Gasteiger partial charge in [0.1, 0.15) is 5.69 Å². The largest absolute Gasteiger partial charge is 0.322 e. The molecule has 148 valence electrons. The average Bonchev–Trinajstić information content (AvgIpc) is 3.30. The number of halogens is 2. The maximum absolute atomic E-state index is 13.4. The quantitative estimate of drug-likeness (QED) is 0.412. The van der Waals surface area contributed by atoms with Crippen molar-refractivity contribution in [1.29, 1.82) is 0 Å². The number of rotatable bonds is 4. The number of fused-ring (bicyclic) bond motifs is 1. The average molecular weight is 480 g/mol. The second kappa shape index (κ2) is 7.70. The van der Waals surface area contributed by atoms with Crippen LogP contribution in [-0.4, -0.2) is 26.0 Å². The highest BCUT2D eigenvalue weighted by Gasteiger charge is 2.42. The Kier molecular flexibility index (Phi) is 4.89. The number of aromatic amines is 1. The molecule has 0 spiro atoms. The van der Waals surface area contributed by atoms with E-state index in [4.69, 9.17) is 11.6 Å². The summed E-state index contributed by atoms with van der Waals surface area (Å²) < 4.78 is 0.986. The fraction of sp³-hybridized carbons (Fsp3) is 0.0870. The minimum atomic E-state index is -0.259. The minimum absolute atomic E-state index is 0.0746. The normalized spacial score (nSPS) is 15.5. The number of carbonyl (C=O) groups excluding carboxylic acids is 1. The molecule has 1 aliphatic rings. The van der Waals surface area contributed by atoms with Crippen LogP contribution in [0.1, 0.15) is 33.2 Å². The van der Waals surface area contributed by atoms with Crippen LogP contribution >= 0.6 is 27.5 Å². The van der Waals surface area contributed by atoms with Gasteiger partial charge in [0.15, 0.2) is 0 Å². The first-order valence-electron chi connectivity index (χ1n) is 9.41. The molecule has 1 unspecified atom stereocenters. The summed E-state index contributed by atoms with van der Waals surface area (Å²) in [4.78, 5) is 19.4. The van der Waals surface area contributed by atoms with Crippen molar-refractivity contribution in [1.82, 2.24) is 20.1 Å². The molecule has 1 aliphatic heterocycles. The van der Waals surface area contributed by atoms with Gasteiger partial charge in [0.2, 0.25) is 0 Å². The van der Waals surface area contributed by atoms with E-state index in [9.17, 15) is 4.79 Å². The van der Waals surface area contributed by atoms with Gasteiger partial charge in [0.05, 0.1) is 11.7 Å². The van der Waals surface area contributed by atoms with E-state index in [-0.39, 0.29) is 11.9 Å². The Morgan fingerprint density at radius 3 is 2.53 bits per heavy atom. The fourth-order valence-electron chi connectivity index (χ4n) is 3.87. The topological polar surface area (TPSA) is 61.9 Å². The summed E-state index contributed by atoms with van der Waals surface area (Å²) in [7, 11) is 0. The number of nitrogens with zero attached hydrogens (tertiary/aromatic N) is 3. The Hall–Kier alpha value is -2.96. The standard InChI is InChI=1S/C23H16BrClN4O/c24-17-7-3-16(4-8-17)22-19-20(15-5-9-18(25)10-6-15)27-28-21(19)23(30)29(22)13-14-2-1-11-26-12-14/h1-12,22H,13H2,(H,27,28). The smallest absolute Gasteiger partial charge is 0.273 e. The van der Waals surface area contributed by atoms with Crippen LogP contribution in [0, 0.1) is 0 Å². The summed E-state index contributed by atoms with van der Waals surface area (Å²) in [6, 6.07) is 19.1. The first-order valence-corrected chi connectivity index (χ1v) is 10.6. The van der Waals surface area contributed by atoms with Crippen LogP contribution in [-0.2, 0) is 6.54 Å². The lowest BCUT2D eigenvalue weighted by molar-refractivity contribution is 0.0730. The third kappa shape index (κ3) is 3.32. The highest BCUT2D eigenvalue weighted by molar-refractivity contribution is 9.10. The summed E-state index contributed by atoms with van der Waals surface area (Å²) in [5, 5.41) is 8.12. The maximum Gasteiger partial charge on any atom is 0.273 e. The number of hydrogen-bond acceptors (Lipinski definition) is 3. The molecule has 3 heterocycles. The van der Waals surface area contributed by atoms with E-state index in [1.54, 1.807) is 12.4 Å². The lowest BCUT2D eigenvalue weighted by atomic mass is 9.96. The lowest BCUT2D eigenvalue weighted by Gasteiger charge is -2.26. The zero-order valence-electron chi connectivity index (χ0n) is 15.7. The number of hydrogen-bond donors (Lipinski definition) is 1. The Balaban J connectivity index is 1.64. The predicted molar refractivity (Wildman–Crippen MR) is 119 cm³/mol. The van der Waals surface area contributed by atoms with Gasteiger partial charge in [-0.25, -0.2) is 0 Å². The van der Waals surface area contributed by atoms with Crippen LogP contribution in [0.25, 0.3) is 11.3 Å². The number of carbonyl (C=O) groups is 1. The first kappa shape index (κ1) is 19.0. The molecule has 5 rings (SSSR count). The van der Waals surface area contributed by atoms with Crippen molar-refractivity contribution >= 4 is 33.4 Å². The summed E-state index contributed by atoms with van der Waals surface area (Å²) in [6.45, 7) is 0.454. The third-order valence-corrected chi connectivity index (χ3v) is 6.02. The second-order valence-electron chi connectivity index (χ2n) is 7.12. The van der Waals surface area contributed by atoms with Gasteiger partial charge in [-0.05, 0) is 41.5 Å². The summed E-state index contributed by atoms with van der Waals surface area (Å²) in [5.41, 5.74) is 5.07. The van der Waals surface area contributed by atoms with Crippen molar-refractivity contribution < 1.29 is 4.79 Å². The molecule has 2 aromatic carbocycles. The van der Waals surface area contributed by atoms with Crippen molar-refractivity contribution in [3.05, 3.63) is 105 Å². The van der Waals surface area contributed by atoms with Crippen molar-refractivity contribution in [2.24, 2.45) is 0 Å². The predicted octanol–water partition coefficient (Wildman–Crippen LogP) is 5.63. The van der Waals surface area contributed by atoms with Crippen molar-refractivity contribution in [2.45, 2.75) is 12.6 Å². The lowest BCUT2D eigenvalue weighted by Crippen LogP contribution is -2.29. The van der Waals surface area contributed by atoms with Crippen molar-refractivity contribution in [3.8, 4) is 11.3 Å². The monoisotopic (exact) mass is 478 g/mol. The Morgan fingerprint density at radius 2 is 1.83 bits per heavy atom. The molecule has 0 bridgehead atoms. The minimum Gasteiger partial charge on any atom is -0.322 e. The van der Waals surface area contributed by atoms with Gasteiger partial charge >= 0.3 is 0 Å². The molecule has 0 saturated heterocycles. The summed E-state index contributed by atoms with van der Waals surface area (Å²) in [6.07, 6.45) is 3.52. The Morgan fingerprint density at radius 1 is 1.07 bits per heavy atom. The van der Waals surface area contributed by atoms with Crippen LogP contribution in [0.4, 0.5) is 0 Å². The van der Waals surface area contributed by atoms with E-state index in [0.717, 1.165) is 32.4 Å². The summed E-state index contributed by atoms with van der Waals surface area (Å²) in [5.74, 6) is -0.0746. The molecule has 1 amide bonds. The van der Waals surface area contributed by atoms with Crippen LogP contribution in [0.3, 0.4) is 0 Å². The number of benzene rings is 2. The maximum atomic E-state index is 13.4. The number of H-pyrrole nitrogens is 1. The molecule has 0 radical (unpaired) electrons. The zero-order chi connectivity index (χ0) is 20.7. The number of nitrogens with one attached hydrogen (secondary N) is 1. The Labute approximate surface area is 186 Å². The van der Waals surface area contributed by atoms with Crippen LogP contribution in [0.15, 0.2) is 77.5 Å². The van der Waals surface area contributed by atoms with Gasteiger partial charge in [-0.2, -0.15) is 5.10 Å². The molecule has 0 saturated carbocycles.